The van der Waals surface area contributed by atoms with E-state index in [2.05, 4.69) is 0 Å². The van der Waals surface area contributed by atoms with Gasteiger partial charge in [-0.3, -0.25) is 0 Å². The molecule has 0 heterocycles. The summed E-state index contributed by atoms with van der Waals surface area (Å²) >= 11 is 0. The molecule has 13 heavy (non-hydrogen) atoms. The lowest BCUT2D eigenvalue weighted by Gasteiger charge is -2.31. The van der Waals surface area contributed by atoms with Gasteiger partial charge in [0.15, 0.2) is 0 Å². The van der Waals surface area contributed by atoms with Crippen LogP contribution in [0.2, 0.25) is 0 Å². The molecule has 78 valence electrons. The van der Waals surface area contributed by atoms with Crippen molar-refractivity contribution in [1.82, 2.24) is 9.80 Å². The quantitative estimate of drug-likeness (QED) is 0.559. The Kier molecular flexibility index (Phi) is 5.13. The molecule has 0 aromatic carbocycles. The van der Waals surface area contributed by atoms with E-state index in [0.717, 1.165) is 6.29 Å². The zero-order chi connectivity index (χ0) is 10.5. The molecule has 0 spiro atoms. The van der Waals surface area contributed by atoms with E-state index < -0.39 is 5.41 Å². The van der Waals surface area contributed by atoms with Crippen LogP contribution in [0.4, 0.5) is 0 Å². The van der Waals surface area contributed by atoms with E-state index in [1.54, 1.807) is 0 Å². The summed E-state index contributed by atoms with van der Waals surface area (Å²) in [5.41, 5.74) is -0.646. The molecule has 0 rings (SSSR count). The van der Waals surface area contributed by atoms with Crippen molar-refractivity contribution in [2.45, 2.75) is 0 Å². The average Bonchev–Trinajstić information content (AvgIpc) is 2.01. The second-order valence-electron chi connectivity index (χ2n) is 4.11. The van der Waals surface area contributed by atoms with Crippen LogP contribution in [0.1, 0.15) is 0 Å². The SMILES string of the molecule is CN(C)CC(C=O)(CO)CN(C)C. The Morgan fingerprint density at radius 1 is 1.15 bits per heavy atom. The standard InChI is InChI=1S/C9H20N2O2/c1-10(2)5-9(7-12,8-13)6-11(3)4/h7,13H,5-6,8H2,1-4H3. The summed E-state index contributed by atoms with van der Waals surface area (Å²) in [5, 5.41) is 9.19. The maximum Gasteiger partial charge on any atom is 0.131 e. The third-order valence-electron chi connectivity index (χ3n) is 1.83. The normalized spacial score (nSPS) is 12.5. The molecule has 0 bridgehead atoms. The van der Waals surface area contributed by atoms with Crippen LogP contribution >= 0.6 is 0 Å². The molecule has 0 fully saturated rings. The van der Waals surface area contributed by atoms with Crippen LogP contribution in [0.3, 0.4) is 0 Å². The van der Waals surface area contributed by atoms with Gasteiger partial charge in [-0.1, -0.05) is 0 Å². The highest BCUT2D eigenvalue weighted by Gasteiger charge is 2.30. The summed E-state index contributed by atoms with van der Waals surface area (Å²) in [5.74, 6) is 0. The van der Waals surface area contributed by atoms with Crippen molar-refractivity contribution in [2.24, 2.45) is 5.41 Å². The fourth-order valence-electron chi connectivity index (χ4n) is 1.52. The van der Waals surface area contributed by atoms with Crippen LogP contribution in [-0.4, -0.2) is 69.1 Å². The van der Waals surface area contributed by atoms with Gasteiger partial charge in [-0.05, 0) is 28.2 Å². The van der Waals surface area contributed by atoms with Crippen LogP contribution in [0.15, 0.2) is 0 Å². The van der Waals surface area contributed by atoms with Crippen LogP contribution < -0.4 is 0 Å². The third kappa shape index (κ3) is 4.36. The molecule has 0 radical (unpaired) electrons. The molecule has 4 nitrogen and oxygen atoms in total. The number of aliphatic hydroxyl groups is 1. The molecule has 0 aliphatic rings. The van der Waals surface area contributed by atoms with Crippen LogP contribution in [0.5, 0.6) is 0 Å². The summed E-state index contributed by atoms with van der Waals surface area (Å²) < 4.78 is 0. The largest absolute Gasteiger partial charge is 0.395 e. The molecular formula is C9H20N2O2. The van der Waals surface area contributed by atoms with Gasteiger partial charge < -0.3 is 19.7 Å². The second-order valence-corrected chi connectivity index (χ2v) is 4.11. The predicted molar refractivity (Wildman–Crippen MR) is 52.7 cm³/mol. The first-order chi connectivity index (χ1) is 5.95. The highest BCUT2D eigenvalue weighted by molar-refractivity contribution is 5.60. The zero-order valence-electron chi connectivity index (χ0n) is 8.95. The number of carbonyl (C=O) groups excluding carboxylic acids is 1. The summed E-state index contributed by atoms with van der Waals surface area (Å²) in [6.45, 7) is 1.04. The van der Waals surface area contributed by atoms with E-state index in [0.29, 0.717) is 13.1 Å². The highest BCUT2D eigenvalue weighted by atomic mass is 16.3. The lowest BCUT2D eigenvalue weighted by atomic mass is 9.90. The van der Waals surface area contributed by atoms with Crippen molar-refractivity contribution in [3.05, 3.63) is 0 Å². The molecule has 0 saturated heterocycles. The Morgan fingerprint density at radius 3 is 1.69 bits per heavy atom. The Bertz CT molecular complexity index is 148. The van der Waals surface area contributed by atoms with E-state index >= 15 is 0 Å². The molecule has 0 amide bonds. The lowest BCUT2D eigenvalue weighted by molar-refractivity contribution is -0.120. The van der Waals surface area contributed by atoms with Crippen molar-refractivity contribution >= 4 is 6.29 Å². The number of nitrogens with zero attached hydrogens (tertiary/aromatic N) is 2. The third-order valence-corrected chi connectivity index (χ3v) is 1.83. The molecule has 0 unspecified atom stereocenters. The van der Waals surface area contributed by atoms with E-state index in [4.69, 9.17) is 0 Å². The second kappa shape index (κ2) is 5.32. The Balaban J connectivity index is 4.39. The minimum Gasteiger partial charge on any atom is -0.395 e. The molecule has 0 saturated carbocycles. The summed E-state index contributed by atoms with van der Waals surface area (Å²) in [6.07, 6.45) is 0.854. The van der Waals surface area contributed by atoms with Crippen molar-refractivity contribution in [2.75, 3.05) is 47.9 Å². The Morgan fingerprint density at radius 2 is 1.54 bits per heavy atom. The highest BCUT2D eigenvalue weighted by Crippen LogP contribution is 2.14. The Labute approximate surface area is 80.1 Å². The van der Waals surface area contributed by atoms with E-state index in [1.165, 1.54) is 0 Å². The molecule has 0 aromatic rings. The minimum atomic E-state index is -0.646. The molecule has 0 aliphatic carbocycles. The molecule has 0 atom stereocenters. The molecule has 0 aromatic heterocycles. The number of carbonyl (C=O) groups is 1. The molecule has 1 N–H and O–H groups in total. The van der Waals surface area contributed by atoms with E-state index in [-0.39, 0.29) is 6.61 Å². The van der Waals surface area contributed by atoms with Gasteiger partial charge in [0.1, 0.15) is 6.29 Å². The van der Waals surface area contributed by atoms with Crippen molar-refractivity contribution < 1.29 is 9.90 Å². The average molecular weight is 188 g/mol. The van der Waals surface area contributed by atoms with Crippen molar-refractivity contribution in [1.29, 1.82) is 0 Å². The first kappa shape index (κ1) is 12.6. The number of hydrogen-bond acceptors (Lipinski definition) is 4. The zero-order valence-corrected chi connectivity index (χ0v) is 8.95. The van der Waals surface area contributed by atoms with E-state index in [1.807, 2.05) is 38.0 Å². The molecular weight excluding hydrogens is 168 g/mol. The fraction of sp³-hybridized carbons (Fsp3) is 0.889. The topological polar surface area (TPSA) is 43.8 Å². The summed E-state index contributed by atoms with van der Waals surface area (Å²) in [7, 11) is 7.57. The maximum absolute atomic E-state index is 10.9. The van der Waals surface area contributed by atoms with Crippen molar-refractivity contribution in [3.8, 4) is 0 Å². The van der Waals surface area contributed by atoms with Gasteiger partial charge >= 0.3 is 0 Å². The van der Waals surface area contributed by atoms with Gasteiger partial charge in [0.05, 0.1) is 12.0 Å². The van der Waals surface area contributed by atoms with Crippen LogP contribution in [0, 0.1) is 5.41 Å². The lowest BCUT2D eigenvalue weighted by Crippen LogP contribution is -2.45. The van der Waals surface area contributed by atoms with Gasteiger partial charge in [-0.25, -0.2) is 0 Å². The number of aldehydes is 1. The minimum absolute atomic E-state index is 0.104. The summed E-state index contributed by atoms with van der Waals surface area (Å²) in [4.78, 5) is 14.7. The van der Waals surface area contributed by atoms with Crippen LogP contribution in [-0.2, 0) is 4.79 Å². The monoisotopic (exact) mass is 188 g/mol. The van der Waals surface area contributed by atoms with Gasteiger partial charge in [-0.2, -0.15) is 0 Å². The van der Waals surface area contributed by atoms with Gasteiger partial charge in [-0.15, -0.1) is 0 Å². The fourth-order valence-corrected chi connectivity index (χ4v) is 1.52. The smallest absolute Gasteiger partial charge is 0.131 e. The first-order valence-corrected chi connectivity index (χ1v) is 4.32. The maximum atomic E-state index is 10.9. The van der Waals surface area contributed by atoms with Gasteiger partial charge in [0, 0.05) is 13.1 Å². The van der Waals surface area contributed by atoms with E-state index in [9.17, 15) is 9.90 Å². The first-order valence-electron chi connectivity index (χ1n) is 4.32. The van der Waals surface area contributed by atoms with Crippen molar-refractivity contribution in [3.63, 3.8) is 0 Å². The Hall–Kier alpha value is -0.450. The van der Waals surface area contributed by atoms with Crippen LogP contribution in [0.25, 0.3) is 0 Å². The van der Waals surface area contributed by atoms with Gasteiger partial charge in [0.2, 0.25) is 0 Å². The summed E-state index contributed by atoms with van der Waals surface area (Å²) in [6, 6.07) is 0. The molecule has 0 aliphatic heterocycles. The molecule has 4 heteroatoms. The number of hydrogen-bond donors (Lipinski definition) is 1. The predicted octanol–water partition coefficient (Wildman–Crippen LogP) is -0.713. The number of aliphatic hydroxyl groups excluding tert-OH is 1. The number of rotatable bonds is 6. The van der Waals surface area contributed by atoms with Gasteiger partial charge in [0.25, 0.3) is 0 Å².